The molecule has 0 fully saturated rings. The summed E-state index contributed by atoms with van der Waals surface area (Å²) in [4.78, 5) is 0. The van der Waals surface area contributed by atoms with Gasteiger partial charge in [-0.1, -0.05) is 19.9 Å². The van der Waals surface area contributed by atoms with Crippen LogP contribution in [0.25, 0.3) is 0 Å². The fourth-order valence-electron chi connectivity index (χ4n) is 1.71. The summed E-state index contributed by atoms with van der Waals surface area (Å²) < 4.78 is 15.8. The Labute approximate surface area is 116 Å². The molecule has 0 aliphatic rings. The molecule has 108 valence electrons. The van der Waals surface area contributed by atoms with Crippen molar-refractivity contribution in [2.24, 2.45) is 5.92 Å². The van der Waals surface area contributed by atoms with Gasteiger partial charge in [-0.2, -0.15) is 0 Å². The highest BCUT2D eigenvalue weighted by Gasteiger charge is 2.12. The van der Waals surface area contributed by atoms with Crippen LogP contribution in [0.2, 0.25) is 0 Å². The van der Waals surface area contributed by atoms with Gasteiger partial charge in [0, 0.05) is 26.0 Å². The Kier molecular flexibility index (Phi) is 7.30. The summed E-state index contributed by atoms with van der Waals surface area (Å²) in [5.74, 6) is 1.35. The van der Waals surface area contributed by atoms with Gasteiger partial charge in [-0.25, -0.2) is 0 Å². The lowest BCUT2D eigenvalue weighted by atomic mass is 10.1. The fraction of sp³-hybridized carbons (Fsp3) is 0.600. The Balaban J connectivity index is 2.59. The van der Waals surface area contributed by atoms with Crippen molar-refractivity contribution in [3.63, 3.8) is 0 Å². The smallest absolute Gasteiger partial charge is 0.121 e. The summed E-state index contributed by atoms with van der Waals surface area (Å²) in [5.41, 5.74) is 1.05. The second-order valence-electron chi connectivity index (χ2n) is 4.82. The molecule has 0 amide bonds. The number of nitrogens with one attached hydrogen (secondary N) is 1. The molecule has 1 rings (SSSR count). The molecule has 0 bridgehead atoms. The molecule has 19 heavy (non-hydrogen) atoms. The van der Waals surface area contributed by atoms with E-state index in [1.165, 1.54) is 0 Å². The number of benzene rings is 1. The lowest BCUT2D eigenvalue weighted by Crippen LogP contribution is -2.30. The SMILES string of the molecule is COCCOc1cccc(NC(COC)C(C)C)c1. The first-order valence-corrected chi connectivity index (χ1v) is 6.64. The van der Waals surface area contributed by atoms with Crippen molar-refractivity contribution in [3.05, 3.63) is 24.3 Å². The molecule has 0 heterocycles. The molecule has 0 spiro atoms. The van der Waals surface area contributed by atoms with Gasteiger partial charge in [0.1, 0.15) is 12.4 Å². The molecule has 1 aromatic carbocycles. The molecule has 4 nitrogen and oxygen atoms in total. The highest BCUT2D eigenvalue weighted by molar-refractivity contribution is 5.49. The molecular formula is C15H25NO3. The van der Waals surface area contributed by atoms with Crippen molar-refractivity contribution in [1.82, 2.24) is 0 Å². The van der Waals surface area contributed by atoms with E-state index in [4.69, 9.17) is 14.2 Å². The molecule has 1 aromatic rings. The van der Waals surface area contributed by atoms with Crippen LogP contribution in [0.1, 0.15) is 13.8 Å². The van der Waals surface area contributed by atoms with Crippen molar-refractivity contribution in [2.75, 3.05) is 39.4 Å². The Bertz CT molecular complexity index is 355. The van der Waals surface area contributed by atoms with Gasteiger partial charge < -0.3 is 19.5 Å². The van der Waals surface area contributed by atoms with E-state index in [1.54, 1.807) is 14.2 Å². The number of anilines is 1. The van der Waals surface area contributed by atoms with Crippen molar-refractivity contribution >= 4 is 5.69 Å². The maximum Gasteiger partial charge on any atom is 0.121 e. The average Bonchev–Trinajstić information content (AvgIpc) is 2.39. The second-order valence-corrected chi connectivity index (χ2v) is 4.82. The first-order chi connectivity index (χ1) is 9.17. The third-order valence-electron chi connectivity index (χ3n) is 2.89. The lowest BCUT2D eigenvalue weighted by Gasteiger charge is -2.23. The molecule has 0 saturated carbocycles. The van der Waals surface area contributed by atoms with Crippen molar-refractivity contribution in [2.45, 2.75) is 19.9 Å². The maximum absolute atomic E-state index is 5.59. The summed E-state index contributed by atoms with van der Waals surface area (Å²) in [6.07, 6.45) is 0. The Morgan fingerprint density at radius 3 is 2.53 bits per heavy atom. The quantitative estimate of drug-likeness (QED) is 0.698. The zero-order valence-electron chi connectivity index (χ0n) is 12.3. The van der Waals surface area contributed by atoms with Crippen LogP contribution in [-0.2, 0) is 9.47 Å². The summed E-state index contributed by atoms with van der Waals surface area (Å²) in [6.45, 7) is 6.19. The molecule has 0 aliphatic heterocycles. The number of rotatable bonds is 9. The molecule has 4 heteroatoms. The summed E-state index contributed by atoms with van der Waals surface area (Å²) in [6, 6.07) is 8.25. The normalized spacial score (nSPS) is 12.5. The van der Waals surface area contributed by atoms with Crippen molar-refractivity contribution < 1.29 is 14.2 Å². The summed E-state index contributed by atoms with van der Waals surface area (Å²) >= 11 is 0. The maximum atomic E-state index is 5.59. The molecule has 0 aromatic heterocycles. The minimum absolute atomic E-state index is 0.291. The van der Waals surface area contributed by atoms with Gasteiger partial charge >= 0.3 is 0 Å². The first-order valence-electron chi connectivity index (χ1n) is 6.64. The van der Waals surface area contributed by atoms with Crippen LogP contribution in [0.4, 0.5) is 5.69 Å². The molecular weight excluding hydrogens is 242 g/mol. The van der Waals surface area contributed by atoms with Gasteiger partial charge in [-0.15, -0.1) is 0 Å². The highest BCUT2D eigenvalue weighted by Crippen LogP contribution is 2.19. The van der Waals surface area contributed by atoms with Gasteiger partial charge in [0.05, 0.1) is 19.3 Å². The van der Waals surface area contributed by atoms with Crippen LogP contribution in [0.15, 0.2) is 24.3 Å². The monoisotopic (exact) mass is 267 g/mol. The van der Waals surface area contributed by atoms with Crippen LogP contribution in [0.3, 0.4) is 0 Å². The van der Waals surface area contributed by atoms with E-state index < -0.39 is 0 Å². The van der Waals surface area contributed by atoms with E-state index in [0.717, 1.165) is 11.4 Å². The van der Waals surface area contributed by atoms with E-state index in [-0.39, 0.29) is 0 Å². The van der Waals surface area contributed by atoms with Gasteiger partial charge in [0.2, 0.25) is 0 Å². The Morgan fingerprint density at radius 2 is 1.89 bits per heavy atom. The molecule has 1 atom stereocenters. The summed E-state index contributed by atoms with van der Waals surface area (Å²) in [7, 11) is 3.39. The first kappa shape index (κ1) is 15.8. The number of methoxy groups -OCH3 is 2. The van der Waals surface area contributed by atoms with Crippen LogP contribution >= 0.6 is 0 Å². The van der Waals surface area contributed by atoms with Crippen LogP contribution < -0.4 is 10.1 Å². The minimum atomic E-state index is 0.291. The Hall–Kier alpha value is -1.26. The van der Waals surface area contributed by atoms with E-state index in [1.807, 2.05) is 24.3 Å². The van der Waals surface area contributed by atoms with Crippen molar-refractivity contribution in [1.29, 1.82) is 0 Å². The van der Waals surface area contributed by atoms with Crippen LogP contribution in [0.5, 0.6) is 5.75 Å². The molecule has 0 radical (unpaired) electrons. The number of ether oxygens (including phenoxy) is 3. The van der Waals surface area contributed by atoms with Gasteiger partial charge in [0.25, 0.3) is 0 Å². The van der Waals surface area contributed by atoms with E-state index in [9.17, 15) is 0 Å². The fourth-order valence-corrected chi connectivity index (χ4v) is 1.71. The zero-order valence-corrected chi connectivity index (χ0v) is 12.3. The van der Waals surface area contributed by atoms with Crippen molar-refractivity contribution in [3.8, 4) is 5.75 Å². The zero-order chi connectivity index (χ0) is 14.1. The standard InChI is InChI=1S/C15H25NO3/c1-12(2)15(11-18-4)16-13-6-5-7-14(10-13)19-9-8-17-3/h5-7,10,12,15-16H,8-9,11H2,1-4H3. The third-order valence-corrected chi connectivity index (χ3v) is 2.89. The molecule has 1 N–H and O–H groups in total. The number of hydrogen-bond donors (Lipinski definition) is 1. The topological polar surface area (TPSA) is 39.7 Å². The van der Waals surface area contributed by atoms with E-state index in [2.05, 4.69) is 19.2 Å². The molecule has 0 saturated heterocycles. The molecule has 1 unspecified atom stereocenters. The predicted molar refractivity (Wildman–Crippen MR) is 77.9 cm³/mol. The van der Waals surface area contributed by atoms with Crippen LogP contribution in [-0.4, -0.2) is 40.1 Å². The largest absolute Gasteiger partial charge is 0.491 e. The summed E-state index contributed by atoms with van der Waals surface area (Å²) in [5, 5.41) is 3.47. The highest BCUT2D eigenvalue weighted by atomic mass is 16.5. The van der Waals surface area contributed by atoms with E-state index >= 15 is 0 Å². The third kappa shape index (κ3) is 5.94. The van der Waals surface area contributed by atoms with Gasteiger partial charge in [0.15, 0.2) is 0 Å². The minimum Gasteiger partial charge on any atom is -0.491 e. The van der Waals surface area contributed by atoms with Gasteiger partial charge in [-0.3, -0.25) is 0 Å². The van der Waals surface area contributed by atoms with E-state index in [0.29, 0.717) is 31.8 Å². The Morgan fingerprint density at radius 1 is 1.11 bits per heavy atom. The van der Waals surface area contributed by atoms with Crippen LogP contribution in [0, 0.1) is 5.92 Å². The second kappa shape index (κ2) is 8.77. The molecule has 0 aliphatic carbocycles. The van der Waals surface area contributed by atoms with Gasteiger partial charge in [-0.05, 0) is 18.1 Å². The predicted octanol–water partition coefficient (Wildman–Crippen LogP) is 2.79. The average molecular weight is 267 g/mol. The number of hydrogen-bond acceptors (Lipinski definition) is 4. The lowest BCUT2D eigenvalue weighted by molar-refractivity contribution is 0.146.